The van der Waals surface area contributed by atoms with E-state index in [1.54, 1.807) is 0 Å². The van der Waals surface area contributed by atoms with Crippen LogP contribution in [-0.2, 0) is 19.4 Å². The largest absolute Gasteiger partial charge is 0.368 e. The topological polar surface area (TPSA) is 97.5 Å². The van der Waals surface area contributed by atoms with Crippen LogP contribution in [0.2, 0.25) is 0 Å². The van der Waals surface area contributed by atoms with Gasteiger partial charge in [-0.15, -0.1) is 0 Å². The monoisotopic (exact) mass is 248 g/mol. The molecule has 7 heteroatoms. The molecule has 0 spiro atoms. The van der Waals surface area contributed by atoms with Gasteiger partial charge in [-0.25, -0.2) is 8.42 Å². The van der Waals surface area contributed by atoms with Gasteiger partial charge in [0.1, 0.15) is 11.8 Å². The Morgan fingerprint density at radius 1 is 1.44 bits per heavy atom. The molecular formula is C9H16N2O4S. The molecule has 0 unspecified atom stereocenters. The maximum Gasteiger partial charge on any atom is 0.240 e. The van der Waals surface area contributed by atoms with Crippen LogP contribution in [0.5, 0.6) is 0 Å². The Morgan fingerprint density at radius 3 is 2.56 bits per heavy atom. The third-order valence-corrected chi connectivity index (χ3v) is 4.25. The Labute approximate surface area is 94.7 Å². The highest BCUT2D eigenvalue weighted by molar-refractivity contribution is 7.92. The third-order valence-electron chi connectivity index (χ3n) is 2.68. The molecule has 0 radical (unpaired) electrons. The molecule has 2 N–H and O–H groups in total. The average Bonchev–Trinajstić information content (AvgIpc) is 2.65. The standard InChI is InChI=1S/C9H16N2O4S/c1-2-16(14,15)6-8(12)11-5-3-4-7(11)9(10)13/h7H,2-6H2,1H3,(H2,10,13)/t7-/m0/s1. The average molecular weight is 248 g/mol. The van der Waals surface area contributed by atoms with Crippen LogP contribution in [0.25, 0.3) is 0 Å². The SMILES string of the molecule is CCS(=O)(=O)CC(=O)N1CCC[C@H]1C(N)=O. The Hall–Kier alpha value is -1.11. The molecule has 0 aliphatic carbocycles. The lowest BCUT2D eigenvalue weighted by molar-refractivity contribution is -0.135. The quantitative estimate of drug-likeness (QED) is 0.682. The highest BCUT2D eigenvalue weighted by atomic mass is 32.2. The number of nitrogens with two attached hydrogens (primary N) is 1. The van der Waals surface area contributed by atoms with Crippen LogP contribution in [0, 0.1) is 0 Å². The second-order valence-electron chi connectivity index (χ2n) is 3.82. The van der Waals surface area contributed by atoms with Crippen molar-refractivity contribution in [1.82, 2.24) is 4.90 Å². The number of amides is 2. The van der Waals surface area contributed by atoms with Gasteiger partial charge in [-0.3, -0.25) is 9.59 Å². The predicted molar refractivity (Wildman–Crippen MR) is 58.3 cm³/mol. The fraction of sp³-hybridized carbons (Fsp3) is 0.778. The zero-order chi connectivity index (χ0) is 12.3. The van der Waals surface area contributed by atoms with Crippen molar-refractivity contribution in [2.75, 3.05) is 18.1 Å². The van der Waals surface area contributed by atoms with Crippen LogP contribution in [0.15, 0.2) is 0 Å². The molecule has 0 aromatic heterocycles. The van der Waals surface area contributed by atoms with Crippen molar-refractivity contribution in [2.24, 2.45) is 5.73 Å². The smallest absolute Gasteiger partial charge is 0.240 e. The number of carbonyl (C=O) groups is 2. The molecule has 6 nitrogen and oxygen atoms in total. The van der Waals surface area contributed by atoms with Crippen molar-refractivity contribution < 1.29 is 18.0 Å². The number of rotatable bonds is 4. The predicted octanol–water partition coefficient (Wildman–Crippen LogP) is -1.10. The summed E-state index contributed by atoms with van der Waals surface area (Å²) in [4.78, 5) is 24.0. The van der Waals surface area contributed by atoms with Crippen LogP contribution in [0.3, 0.4) is 0 Å². The fourth-order valence-corrected chi connectivity index (χ4v) is 2.48. The first-order valence-electron chi connectivity index (χ1n) is 5.16. The molecule has 1 heterocycles. The minimum Gasteiger partial charge on any atom is -0.368 e. The lowest BCUT2D eigenvalue weighted by atomic mass is 10.2. The van der Waals surface area contributed by atoms with Gasteiger partial charge in [-0.1, -0.05) is 6.92 Å². The second-order valence-corrected chi connectivity index (χ2v) is 6.18. The third kappa shape index (κ3) is 2.94. The van der Waals surface area contributed by atoms with E-state index in [2.05, 4.69) is 0 Å². The van der Waals surface area contributed by atoms with Crippen LogP contribution in [0.4, 0.5) is 0 Å². The summed E-state index contributed by atoms with van der Waals surface area (Å²) >= 11 is 0. The molecule has 1 aliphatic heterocycles. The Morgan fingerprint density at radius 2 is 2.06 bits per heavy atom. The van der Waals surface area contributed by atoms with E-state index in [1.807, 2.05) is 0 Å². The van der Waals surface area contributed by atoms with Crippen LogP contribution in [-0.4, -0.2) is 49.2 Å². The van der Waals surface area contributed by atoms with E-state index in [9.17, 15) is 18.0 Å². The zero-order valence-corrected chi connectivity index (χ0v) is 10.00. The first-order chi connectivity index (χ1) is 7.37. The molecular weight excluding hydrogens is 232 g/mol. The van der Waals surface area contributed by atoms with Gasteiger partial charge in [0.2, 0.25) is 11.8 Å². The number of primary amides is 1. The first kappa shape index (κ1) is 13.0. The summed E-state index contributed by atoms with van der Waals surface area (Å²) in [6.45, 7) is 1.89. The van der Waals surface area contributed by atoms with E-state index in [0.29, 0.717) is 19.4 Å². The highest BCUT2D eigenvalue weighted by Gasteiger charge is 2.33. The molecule has 1 atom stereocenters. The summed E-state index contributed by atoms with van der Waals surface area (Å²) in [6.07, 6.45) is 1.21. The second kappa shape index (κ2) is 4.82. The van der Waals surface area contributed by atoms with Crippen molar-refractivity contribution >= 4 is 21.7 Å². The van der Waals surface area contributed by atoms with E-state index in [0.717, 1.165) is 0 Å². The van der Waals surface area contributed by atoms with Crippen molar-refractivity contribution in [3.63, 3.8) is 0 Å². The van der Waals surface area contributed by atoms with E-state index in [1.165, 1.54) is 11.8 Å². The molecule has 0 saturated carbocycles. The maximum atomic E-state index is 11.7. The zero-order valence-electron chi connectivity index (χ0n) is 9.18. The summed E-state index contributed by atoms with van der Waals surface area (Å²) in [7, 11) is -3.35. The molecule has 92 valence electrons. The number of carbonyl (C=O) groups excluding carboxylic acids is 2. The summed E-state index contributed by atoms with van der Waals surface area (Å²) in [5, 5.41) is 0. The Bertz CT molecular complexity index is 390. The van der Waals surface area contributed by atoms with Gasteiger partial charge in [0.05, 0.1) is 0 Å². The normalized spacial score (nSPS) is 21.1. The molecule has 1 aliphatic rings. The van der Waals surface area contributed by atoms with Gasteiger partial charge in [-0.2, -0.15) is 0 Å². The molecule has 1 fully saturated rings. The highest BCUT2D eigenvalue weighted by Crippen LogP contribution is 2.17. The number of hydrogen-bond donors (Lipinski definition) is 1. The minimum atomic E-state index is -3.35. The molecule has 2 amide bonds. The number of sulfone groups is 1. The first-order valence-corrected chi connectivity index (χ1v) is 6.98. The Balaban J connectivity index is 2.71. The number of nitrogens with zero attached hydrogens (tertiary/aromatic N) is 1. The van der Waals surface area contributed by atoms with Crippen molar-refractivity contribution in [3.8, 4) is 0 Å². The van der Waals surface area contributed by atoms with E-state index in [4.69, 9.17) is 5.73 Å². The minimum absolute atomic E-state index is 0.0756. The molecule has 0 bridgehead atoms. The molecule has 0 aromatic rings. The van der Waals surface area contributed by atoms with E-state index in [-0.39, 0.29) is 5.75 Å². The van der Waals surface area contributed by atoms with Gasteiger partial charge in [0.25, 0.3) is 0 Å². The van der Waals surface area contributed by atoms with E-state index >= 15 is 0 Å². The van der Waals surface area contributed by atoms with Gasteiger partial charge in [0, 0.05) is 12.3 Å². The Kier molecular flexibility index (Phi) is 3.90. The van der Waals surface area contributed by atoms with Gasteiger partial charge < -0.3 is 10.6 Å². The van der Waals surface area contributed by atoms with Crippen molar-refractivity contribution in [2.45, 2.75) is 25.8 Å². The van der Waals surface area contributed by atoms with Crippen LogP contribution >= 0.6 is 0 Å². The molecule has 0 aromatic carbocycles. The van der Waals surface area contributed by atoms with Gasteiger partial charge in [-0.05, 0) is 12.8 Å². The lowest BCUT2D eigenvalue weighted by Gasteiger charge is -2.21. The molecule has 1 saturated heterocycles. The van der Waals surface area contributed by atoms with Crippen molar-refractivity contribution in [3.05, 3.63) is 0 Å². The van der Waals surface area contributed by atoms with E-state index < -0.39 is 33.4 Å². The summed E-state index contributed by atoms with van der Waals surface area (Å²) in [5.74, 6) is -1.70. The fourth-order valence-electron chi connectivity index (χ4n) is 1.73. The lowest BCUT2D eigenvalue weighted by Crippen LogP contribution is -2.45. The van der Waals surface area contributed by atoms with Crippen molar-refractivity contribution in [1.29, 1.82) is 0 Å². The summed E-state index contributed by atoms with van der Waals surface area (Å²) < 4.78 is 22.6. The van der Waals surface area contributed by atoms with Gasteiger partial charge in [0.15, 0.2) is 9.84 Å². The van der Waals surface area contributed by atoms with Crippen LogP contribution in [0.1, 0.15) is 19.8 Å². The maximum absolute atomic E-state index is 11.7. The summed E-state index contributed by atoms with van der Waals surface area (Å²) in [5.41, 5.74) is 5.14. The van der Waals surface area contributed by atoms with Crippen LogP contribution < -0.4 is 5.73 Å². The summed E-state index contributed by atoms with van der Waals surface area (Å²) in [6, 6.07) is -0.639. The molecule has 16 heavy (non-hydrogen) atoms. The molecule has 1 rings (SSSR count). The number of hydrogen-bond acceptors (Lipinski definition) is 4. The number of likely N-dealkylation sites (tertiary alicyclic amines) is 1. The van der Waals surface area contributed by atoms with Gasteiger partial charge >= 0.3 is 0 Å².